The first-order chi connectivity index (χ1) is 11.3. The zero-order valence-electron chi connectivity index (χ0n) is 13.4. The number of aromatic nitrogens is 2. The third kappa shape index (κ3) is 3.69. The molecule has 0 N–H and O–H groups in total. The van der Waals surface area contributed by atoms with Crippen molar-refractivity contribution in [1.29, 1.82) is 0 Å². The van der Waals surface area contributed by atoms with E-state index < -0.39 is 0 Å². The molecule has 2 aromatic heterocycles. The Morgan fingerprint density at radius 1 is 1.30 bits per heavy atom. The number of piperidine rings is 1. The Hall–Kier alpha value is -1.95. The molecule has 3 heterocycles. The standard InChI is InChI=1S/C17H22N4OS/c1-2-10-21(16(22)15-5-3-13-23-15)14-6-11-20(12-7-14)17-18-8-4-9-19-17/h3-5,8-9,13-14H,2,6-7,10-12H2,1H3. The lowest BCUT2D eigenvalue weighted by Crippen LogP contribution is -2.48. The van der Waals surface area contributed by atoms with Gasteiger partial charge in [-0.2, -0.15) is 0 Å². The van der Waals surface area contributed by atoms with E-state index in [4.69, 9.17) is 0 Å². The fourth-order valence-corrected chi connectivity index (χ4v) is 3.74. The Kier molecular flexibility index (Phi) is 5.23. The van der Waals surface area contributed by atoms with Crippen molar-refractivity contribution >= 4 is 23.2 Å². The average Bonchev–Trinajstić information content (AvgIpc) is 3.15. The van der Waals surface area contributed by atoms with Gasteiger partial charge < -0.3 is 9.80 Å². The Bertz CT molecular complexity index is 609. The molecule has 1 fully saturated rings. The summed E-state index contributed by atoms with van der Waals surface area (Å²) in [6, 6.07) is 6.00. The summed E-state index contributed by atoms with van der Waals surface area (Å²) in [4.78, 5) is 26.5. The molecule has 6 heteroatoms. The Labute approximate surface area is 141 Å². The highest BCUT2D eigenvalue weighted by Gasteiger charge is 2.29. The molecule has 23 heavy (non-hydrogen) atoms. The van der Waals surface area contributed by atoms with E-state index >= 15 is 0 Å². The maximum Gasteiger partial charge on any atom is 0.264 e. The van der Waals surface area contributed by atoms with E-state index in [1.165, 1.54) is 11.3 Å². The van der Waals surface area contributed by atoms with E-state index in [-0.39, 0.29) is 5.91 Å². The van der Waals surface area contributed by atoms with E-state index in [0.29, 0.717) is 6.04 Å². The summed E-state index contributed by atoms with van der Waals surface area (Å²) in [5.74, 6) is 0.967. The Morgan fingerprint density at radius 3 is 2.65 bits per heavy atom. The normalized spacial score (nSPS) is 15.6. The highest BCUT2D eigenvalue weighted by Crippen LogP contribution is 2.23. The van der Waals surface area contributed by atoms with Crippen molar-refractivity contribution in [2.45, 2.75) is 32.2 Å². The number of nitrogens with zero attached hydrogens (tertiary/aromatic N) is 4. The van der Waals surface area contributed by atoms with E-state index in [1.807, 2.05) is 23.6 Å². The fraction of sp³-hybridized carbons (Fsp3) is 0.471. The quantitative estimate of drug-likeness (QED) is 0.845. The van der Waals surface area contributed by atoms with Crippen LogP contribution in [-0.4, -0.2) is 46.5 Å². The summed E-state index contributed by atoms with van der Waals surface area (Å²) in [6.45, 7) is 4.74. The second-order valence-corrected chi connectivity index (χ2v) is 6.69. The van der Waals surface area contributed by atoms with E-state index in [1.54, 1.807) is 12.4 Å². The minimum absolute atomic E-state index is 0.177. The largest absolute Gasteiger partial charge is 0.341 e. The Balaban J connectivity index is 1.65. The van der Waals surface area contributed by atoms with Crippen LogP contribution in [0.4, 0.5) is 5.95 Å². The lowest BCUT2D eigenvalue weighted by Gasteiger charge is -2.38. The highest BCUT2D eigenvalue weighted by atomic mass is 32.1. The van der Waals surface area contributed by atoms with Crippen LogP contribution in [-0.2, 0) is 0 Å². The smallest absolute Gasteiger partial charge is 0.264 e. The minimum Gasteiger partial charge on any atom is -0.341 e. The summed E-state index contributed by atoms with van der Waals surface area (Å²) >= 11 is 1.53. The summed E-state index contributed by atoms with van der Waals surface area (Å²) in [5.41, 5.74) is 0. The van der Waals surface area contributed by atoms with Gasteiger partial charge in [-0.1, -0.05) is 13.0 Å². The average molecular weight is 330 g/mol. The van der Waals surface area contributed by atoms with Crippen LogP contribution >= 0.6 is 11.3 Å². The van der Waals surface area contributed by atoms with E-state index in [0.717, 1.165) is 49.7 Å². The molecule has 0 atom stereocenters. The number of amides is 1. The predicted octanol–water partition coefficient (Wildman–Crippen LogP) is 3.06. The molecule has 0 saturated carbocycles. The Morgan fingerprint density at radius 2 is 2.04 bits per heavy atom. The zero-order chi connectivity index (χ0) is 16.1. The van der Waals surface area contributed by atoms with Crippen molar-refractivity contribution in [3.63, 3.8) is 0 Å². The summed E-state index contributed by atoms with van der Waals surface area (Å²) in [5, 5.41) is 1.96. The number of carbonyl (C=O) groups excluding carboxylic acids is 1. The first-order valence-corrected chi connectivity index (χ1v) is 9.04. The van der Waals surface area contributed by atoms with Crippen molar-refractivity contribution < 1.29 is 4.79 Å². The van der Waals surface area contributed by atoms with Crippen LogP contribution in [0.5, 0.6) is 0 Å². The first kappa shape index (κ1) is 15.9. The summed E-state index contributed by atoms with van der Waals surface area (Å²) in [6.07, 6.45) is 6.47. The van der Waals surface area contributed by atoms with Gasteiger partial charge in [0.05, 0.1) is 4.88 Å². The van der Waals surface area contributed by atoms with Gasteiger partial charge in [0, 0.05) is 38.1 Å². The second-order valence-electron chi connectivity index (χ2n) is 5.74. The number of anilines is 1. The molecular formula is C17H22N4OS. The number of hydrogen-bond donors (Lipinski definition) is 0. The third-order valence-corrected chi connectivity index (χ3v) is 5.06. The van der Waals surface area contributed by atoms with Crippen molar-refractivity contribution in [3.8, 4) is 0 Å². The number of hydrogen-bond acceptors (Lipinski definition) is 5. The van der Waals surface area contributed by atoms with Crippen LogP contribution < -0.4 is 4.90 Å². The van der Waals surface area contributed by atoms with E-state index in [2.05, 4.69) is 26.7 Å². The van der Waals surface area contributed by atoms with Crippen LogP contribution in [0, 0.1) is 0 Å². The van der Waals surface area contributed by atoms with Crippen LogP contribution in [0.15, 0.2) is 36.0 Å². The minimum atomic E-state index is 0.177. The molecule has 122 valence electrons. The predicted molar refractivity (Wildman–Crippen MR) is 92.9 cm³/mol. The SMILES string of the molecule is CCCN(C(=O)c1cccs1)C1CCN(c2ncccn2)CC1. The third-order valence-electron chi connectivity index (χ3n) is 4.20. The zero-order valence-corrected chi connectivity index (χ0v) is 14.2. The number of carbonyl (C=O) groups is 1. The second kappa shape index (κ2) is 7.55. The maximum absolute atomic E-state index is 12.7. The van der Waals surface area contributed by atoms with Crippen molar-refractivity contribution in [2.75, 3.05) is 24.5 Å². The topological polar surface area (TPSA) is 49.3 Å². The molecule has 0 unspecified atom stereocenters. The van der Waals surface area contributed by atoms with Crippen LogP contribution in [0.2, 0.25) is 0 Å². The van der Waals surface area contributed by atoms with Crippen molar-refractivity contribution in [1.82, 2.24) is 14.9 Å². The van der Waals surface area contributed by atoms with Gasteiger partial charge in [-0.25, -0.2) is 9.97 Å². The van der Waals surface area contributed by atoms with Crippen molar-refractivity contribution in [2.24, 2.45) is 0 Å². The summed E-state index contributed by atoms with van der Waals surface area (Å²) in [7, 11) is 0. The van der Waals surface area contributed by atoms with Crippen LogP contribution in [0.3, 0.4) is 0 Å². The molecule has 3 rings (SSSR count). The molecule has 1 saturated heterocycles. The molecule has 2 aromatic rings. The molecule has 1 aliphatic rings. The molecule has 1 amide bonds. The van der Waals surface area contributed by atoms with Gasteiger partial charge in [0.15, 0.2) is 0 Å². The molecule has 5 nitrogen and oxygen atoms in total. The van der Waals surface area contributed by atoms with Crippen LogP contribution in [0.1, 0.15) is 35.9 Å². The van der Waals surface area contributed by atoms with Crippen LogP contribution in [0.25, 0.3) is 0 Å². The molecule has 1 aliphatic heterocycles. The highest BCUT2D eigenvalue weighted by molar-refractivity contribution is 7.12. The lowest BCUT2D eigenvalue weighted by atomic mass is 10.0. The van der Waals surface area contributed by atoms with Gasteiger partial charge in [-0.15, -0.1) is 11.3 Å². The molecule has 0 bridgehead atoms. The molecule has 0 radical (unpaired) electrons. The maximum atomic E-state index is 12.7. The van der Waals surface area contributed by atoms with Crippen molar-refractivity contribution in [3.05, 3.63) is 40.8 Å². The molecule has 0 aliphatic carbocycles. The summed E-state index contributed by atoms with van der Waals surface area (Å²) < 4.78 is 0. The fourth-order valence-electron chi connectivity index (χ4n) is 3.06. The monoisotopic (exact) mass is 330 g/mol. The van der Waals surface area contributed by atoms with Gasteiger partial charge in [-0.05, 0) is 36.8 Å². The van der Waals surface area contributed by atoms with E-state index in [9.17, 15) is 4.79 Å². The molecule has 0 aromatic carbocycles. The first-order valence-electron chi connectivity index (χ1n) is 8.16. The molecular weight excluding hydrogens is 308 g/mol. The van der Waals surface area contributed by atoms with Gasteiger partial charge >= 0.3 is 0 Å². The lowest BCUT2D eigenvalue weighted by molar-refractivity contribution is 0.0654. The van der Waals surface area contributed by atoms with Gasteiger partial charge in [-0.3, -0.25) is 4.79 Å². The number of rotatable bonds is 5. The number of thiophene rings is 1. The molecule has 0 spiro atoms. The van der Waals surface area contributed by atoms with Gasteiger partial charge in [0.25, 0.3) is 5.91 Å². The van der Waals surface area contributed by atoms with Gasteiger partial charge in [0.1, 0.15) is 0 Å². The van der Waals surface area contributed by atoms with Gasteiger partial charge in [0.2, 0.25) is 5.95 Å².